The van der Waals surface area contributed by atoms with E-state index in [1.165, 1.54) is 30.3 Å². The Morgan fingerprint density at radius 3 is 2.03 bits per heavy atom. The molecule has 0 radical (unpaired) electrons. The van der Waals surface area contributed by atoms with Crippen molar-refractivity contribution in [2.45, 2.75) is 31.5 Å². The van der Waals surface area contributed by atoms with Crippen LogP contribution in [0.15, 0.2) is 52.1 Å². The standard InChI is InChI=1S/C22H20Cl4F3NO4/c23-17-12-16(33-11-8-19(25)26)13-18(24)20(17)34-10-3-1-2-9-32-15-6-4-14(5-7-15)21(30-31)22(27,28)29/h4-8,12-13,21H,1-3,9-11H2. The van der Waals surface area contributed by atoms with E-state index in [4.69, 9.17) is 60.6 Å². The van der Waals surface area contributed by atoms with Crippen molar-refractivity contribution in [1.82, 2.24) is 0 Å². The van der Waals surface area contributed by atoms with E-state index in [2.05, 4.69) is 5.18 Å². The van der Waals surface area contributed by atoms with E-state index in [-0.39, 0.29) is 16.7 Å². The molecule has 2 aromatic carbocycles. The molecule has 0 bridgehead atoms. The normalized spacial score (nSPS) is 12.1. The van der Waals surface area contributed by atoms with Crippen LogP contribution in [0.4, 0.5) is 13.2 Å². The second-order valence-electron chi connectivity index (χ2n) is 6.90. The molecular weight excluding hydrogens is 541 g/mol. The summed E-state index contributed by atoms with van der Waals surface area (Å²) >= 11 is 23.5. The van der Waals surface area contributed by atoms with Gasteiger partial charge in [-0.15, -0.1) is 4.91 Å². The molecule has 0 saturated carbocycles. The Balaban J connectivity index is 1.70. The molecule has 0 aliphatic rings. The van der Waals surface area contributed by atoms with Crippen molar-refractivity contribution >= 4 is 46.4 Å². The van der Waals surface area contributed by atoms with Crippen LogP contribution in [0.25, 0.3) is 0 Å². The van der Waals surface area contributed by atoms with E-state index in [0.29, 0.717) is 53.3 Å². The van der Waals surface area contributed by atoms with E-state index >= 15 is 0 Å². The maximum atomic E-state index is 12.7. The second kappa shape index (κ2) is 13.9. The summed E-state index contributed by atoms with van der Waals surface area (Å²) in [6.07, 6.45) is -1.09. The third kappa shape index (κ3) is 9.41. The molecule has 12 heteroatoms. The summed E-state index contributed by atoms with van der Waals surface area (Å²) in [4.78, 5) is 10.5. The Kier molecular flexibility index (Phi) is 11.6. The molecule has 1 atom stereocenters. The Hall–Kier alpha value is -1.87. The van der Waals surface area contributed by atoms with Gasteiger partial charge in [-0.05, 0) is 43.0 Å². The lowest BCUT2D eigenvalue weighted by atomic mass is 10.1. The van der Waals surface area contributed by atoms with Crippen molar-refractivity contribution in [2.24, 2.45) is 5.18 Å². The molecule has 0 N–H and O–H groups in total. The van der Waals surface area contributed by atoms with Crippen molar-refractivity contribution in [1.29, 1.82) is 0 Å². The first-order chi connectivity index (χ1) is 16.1. The minimum Gasteiger partial charge on any atom is -0.494 e. The van der Waals surface area contributed by atoms with Gasteiger partial charge in [-0.1, -0.05) is 63.7 Å². The number of alkyl halides is 3. The number of rotatable bonds is 13. The predicted octanol–water partition coefficient (Wildman–Crippen LogP) is 8.69. The topological polar surface area (TPSA) is 57.1 Å². The van der Waals surface area contributed by atoms with Crippen LogP contribution in [0, 0.1) is 4.91 Å². The molecule has 5 nitrogen and oxygen atoms in total. The van der Waals surface area contributed by atoms with Crippen LogP contribution in [0.3, 0.4) is 0 Å². The molecule has 2 rings (SSSR count). The third-order valence-corrected chi connectivity index (χ3v) is 5.24. The van der Waals surface area contributed by atoms with Crippen LogP contribution in [0.2, 0.25) is 10.0 Å². The van der Waals surface area contributed by atoms with Gasteiger partial charge in [-0.2, -0.15) is 13.2 Å². The highest BCUT2D eigenvalue weighted by molar-refractivity contribution is 6.55. The summed E-state index contributed by atoms with van der Waals surface area (Å²) in [6, 6.07) is 5.85. The van der Waals surface area contributed by atoms with E-state index < -0.39 is 12.2 Å². The molecule has 34 heavy (non-hydrogen) atoms. The molecule has 0 amide bonds. The fourth-order valence-electron chi connectivity index (χ4n) is 2.76. The quantitative estimate of drug-likeness (QED) is 0.181. The van der Waals surface area contributed by atoms with Gasteiger partial charge in [0.2, 0.25) is 6.04 Å². The van der Waals surface area contributed by atoms with Crippen LogP contribution in [0.5, 0.6) is 17.2 Å². The number of hydrogen-bond donors (Lipinski definition) is 0. The van der Waals surface area contributed by atoms with Gasteiger partial charge in [0, 0.05) is 12.1 Å². The van der Waals surface area contributed by atoms with E-state index in [9.17, 15) is 18.1 Å². The first-order valence-corrected chi connectivity index (χ1v) is 11.5. The molecule has 0 fully saturated rings. The first kappa shape index (κ1) is 28.4. The van der Waals surface area contributed by atoms with Crippen LogP contribution in [-0.2, 0) is 0 Å². The summed E-state index contributed by atoms with van der Waals surface area (Å²) in [5.41, 5.74) is -0.236. The summed E-state index contributed by atoms with van der Waals surface area (Å²) in [5.74, 6) is 1.19. The number of unbranched alkanes of at least 4 members (excludes halogenated alkanes) is 2. The van der Waals surface area contributed by atoms with Crippen LogP contribution >= 0.6 is 46.4 Å². The smallest absolute Gasteiger partial charge is 0.418 e. The van der Waals surface area contributed by atoms with Crippen molar-refractivity contribution in [3.05, 3.63) is 67.5 Å². The number of ether oxygens (including phenoxy) is 3. The fraction of sp³-hybridized carbons (Fsp3) is 0.364. The number of hydrogen-bond acceptors (Lipinski definition) is 5. The summed E-state index contributed by atoms with van der Waals surface area (Å²) in [7, 11) is 0. The summed E-state index contributed by atoms with van der Waals surface area (Å²) in [5, 5.41) is 2.75. The van der Waals surface area contributed by atoms with Crippen molar-refractivity contribution < 1.29 is 27.4 Å². The Morgan fingerprint density at radius 2 is 1.50 bits per heavy atom. The molecule has 0 saturated heterocycles. The maximum absolute atomic E-state index is 12.7. The number of nitrogens with zero attached hydrogens (tertiary/aromatic N) is 1. The number of nitroso groups, excluding NO2 is 1. The predicted molar refractivity (Wildman–Crippen MR) is 128 cm³/mol. The van der Waals surface area contributed by atoms with Gasteiger partial charge < -0.3 is 14.2 Å². The van der Waals surface area contributed by atoms with Crippen LogP contribution < -0.4 is 14.2 Å². The van der Waals surface area contributed by atoms with Crippen LogP contribution in [0.1, 0.15) is 30.9 Å². The lowest BCUT2D eigenvalue weighted by Crippen LogP contribution is -2.18. The third-order valence-electron chi connectivity index (χ3n) is 4.37. The van der Waals surface area contributed by atoms with Crippen molar-refractivity contribution in [2.75, 3.05) is 19.8 Å². The highest BCUT2D eigenvalue weighted by atomic mass is 35.5. The van der Waals surface area contributed by atoms with Crippen molar-refractivity contribution in [3.8, 4) is 17.2 Å². The Morgan fingerprint density at radius 1 is 0.912 bits per heavy atom. The van der Waals surface area contributed by atoms with Crippen molar-refractivity contribution in [3.63, 3.8) is 0 Å². The van der Waals surface area contributed by atoms with Gasteiger partial charge in [0.15, 0.2) is 5.75 Å². The number of halogens is 7. The highest BCUT2D eigenvalue weighted by Gasteiger charge is 2.42. The van der Waals surface area contributed by atoms with E-state index in [0.717, 1.165) is 6.42 Å². The zero-order valence-corrected chi connectivity index (χ0v) is 20.6. The molecule has 0 aromatic heterocycles. The molecule has 2 aromatic rings. The minimum atomic E-state index is -4.73. The van der Waals surface area contributed by atoms with Gasteiger partial charge in [-0.25, -0.2) is 0 Å². The monoisotopic (exact) mass is 559 g/mol. The average Bonchev–Trinajstić information content (AvgIpc) is 2.75. The fourth-order valence-corrected chi connectivity index (χ4v) is 3.46. The molecule has 0 aliphatic heterocycles. The van der Waals surface area contributed by atoms with E-state index in [1.54, 1.807) is 12.1 Å². The average molecular weight is 561 g/mol. The summed E-state index contributed by atoms with van der Waals surface area (Å²) in [6.45, 7) is 0.893. The molecule has 186 valence electrons. The molecule has 0 aliphatic carbocycles. The van der Waals surface area contributed by atoms with Gasteiger partial charge in [0.25, 0.3) is 0 Å². The van der Waals surface area contributed by atoms with Gasteiger partial charge in [0.1, 0.15) is 22.6 Å². The lowest BCUT2D eigenvalue weighted by Gasteiger charge is -2.14. The summed E-state index contributed by atoms with van der Waals surface area (Å²) < 4.78 is 54.9. The minimum absolute atomic E-state index is 0.0895. The molecule has 0 spiro atoms. The largest absolute Gasteiger partial charge is 0.494 e. The highest BCUT2D eigenvalue weighted by Crippen LogP contribution is 2.37. The maximum Gasteiger partial charge on any atom is 0.418 e. The SMILES string of the molecule is O=NC(c1ccc(OCCCCCOc2c(Cl)cc(OCC=C(Cl)Cl)cc2Cl)cc1)C(F)(F)F. The Bertz CT molecular complexity index is 945. The van der Waals surface area contributed by atoms with Crippen LogP contribution in [-0.4, -0.2) is 26.0 Å². The second-order valence-corrected chi connectivity index (χ2v) is 8.72. The molecular formula is C22H20Cl4F3NO4. The first-order valence-electron chi connectivity index (χ1n) is 9.99. The lowest BCUT2D eigenvalue weighted by molar-refractivity contribution is -0.148. The van der Waals surface area contributed by atoms with Gasteiger partial charge >= 0.3 is 6.18 Å². The Labute approximate surface area is 214 Å². The van der Waals surface area contributed by atoms with Gasteiger partial charge in [-0.3, -0.25) is 0 Å². The molecule has 0 heterocycles. The zero-order valence-electron chi connectivity index (χ0n) is 17.6. The molecule has 1 unspecified atom stereocenters. The zero-order chi connectivity index (χ0) is 25.1. The number of benzene rings is 2. The van der Waals surface area contributed by atoms with E-state index in [1.807, 2.05) is 0 Å². The van der Waals surface area contributed by atoms with Gasteiger partial charge in [0.05, 0.1) is 23.3 Å².